The van der Waals surface area contributed by atoms with Crippen molar-refractivity contribution in [3.63, 3.8) is 0 Å². The summed E-state index contributed by atoms with van der Waals surface area (Å²) >= 11 is 0. The molecule has 3 aliphatic carbocycles. The predicted molar refractivity (Wildman–Crippen MR) is 94.7 cm³/mol. The van der Waals surface area contributed by atoms with Gasteiger partial charge in [0, 0.05) is 5.41 Å². The summed E-state index contributed by atoms with van der Waals surface area (Å²) in [5, 5.41) is 12.2. The third kappa shape index (κ3) is 2.90. The average Bonchev–Trinajstić information content (AvgIpc) is 2.37. The molecular weight excluding hydrogens is 318 g/mol. The summed E-state index contributed by atoms with van der Waals surface area (Å²) in [7, 11) is 0. The van der Waals surface area contributed by atoms with E-state index in [4.69, 9.17) is 4.74 Å². The van der Waals surface area contributed by atoms with Crippen molar-refractivity contribution in [1.29, 1.82) is 0 Å². The molecule has 1 amide bonds. The largest absolute Gasteiger partial charge is 0.480 e. The fourth-order valence-electron chi connectivity index (χ4n) is 4.69. The molecule has 0 radical (unpaired) electrons. The Morgan fingerprint density at radius 1 is 1.20 bits per heavy atom. The van der Waals surface area contributed by atoms with Crippen LogP contribution in [0.1, 0.15) is 56.7 Å². The molecule has 3 saturated carbocycles. The number of carboxylic acids is 1. The fourth-order valence-corrected chi connectivity index (χ4v) is 4.69. The number of carbonyl (C=O) groups is 2. The Bertz CT molecular complexity index is 712. The van der Waals surface area contributed by atoms with Crippen molar-refractivity contribution in [3.05, 3.63) is 34.9 Å². The number of alkyl carbamates (subject to hydrolysis) is 1. The number of aliphatic carboxylic acids is 1. The minimum atomic E-state index is -0.986. The second-order valence-electron chi connectivity index (χ2n) is 8.84. The number of benzene rings is 1. The molecule has 1 atom stereocenters. The van der Waals surface area contributed by atoms with Gasteiger partial charge >= 0.3 is 12.1 Å². The molecule has 3 aliphatic rings. The van der Waals surface area contributed by atoms with E-state index >= 15 is 0 Å². The lowest BCUT2D eigenvalue weighted by atomic mass is 9.31. The first-order valence-corrected chi connectivity index (χ1v) is 8.77. The molecule has 4 rings (SSSR count). The maximum Gasteiger partial charge on any atom is 0.408 e. The zero-order valence-corrected chi connectivity index (χ0v) is 15.6. The quantitative estimate of drug-likeness (QED) is 0.872. The summed E-state index contributed by atoms with van der Waals surface area (Å²) in [6.07, 6.45) is 1.75. The van der Waals surface area contributed by atoms with Crippen molar-refractivity contribution >= 4 is 12.1 Å². The average molecular weight is 345 g/mol. The summed E-state index contributed by atoms with van der Waals surface area (Å²) < 4.78 is 5.23. The van der Waals surface area contributed by atoms with Crippen LogP contribution < -0.4 is 5.32 Å². The molecule has 136 valence electrons. The molecule has 2 bridgehead atoms. The molecule has 25 heavy (non-hydrogen) atoms. The molecule has 5 nitrogen and oxygen atoms in total. The highest BCUT2D eigenvalue weighted by Gasteiger charge is 2.72. The third-order valence-electron chi connectivity index (χ3n) is 5.77. The van der Waals surface area contributed by atoms with Crippen molar-refractivity contribution in [2.75, 3.05) is 0 Å². The van der Waals surface area contributed by atoms with Crippen molar-refractivity contribution in [2.45, 2.75) is 70.9 Å². The maximum atomic E-state index is 12.0. The maximum absolute atomic E-state index is 12.0. The lowest BCUT2D eigenvalue weighted by Crippen LogP contribution is -2.73. The van der Waals surface area contributed by atoms with Gasteiger partial charge in [-0.3, -0.25) is 0 Å². The topological polar surface area (TPSA) is 75.6 Å². The zero-order chi connectivity index (χ0) is 18.6. The van der Waals surface area contributed by atoms with Gasteiger partial charge in [0.25, 0.3) is 0 Å². The van der Waals surface area contributed by atoms with Crippen molar-refractivity contribution in [3.8, 4) is 0 Å². The van der Waals surface area contributed by atoms with Gasteiger partial charge in [0.2, 0.25) is 0 Å². The molecule has 0 aromatic heterocycles. The Morgan fingerprint density at radius 3 is 2.32 bits per heavy atom. The molecule has 1 unspecified atom stereocenters. The zero-order valence-electron chi connectivity index (χ0n) is 15.6. The molecule has 5 heteroatoms. The van der Waals surface area contributed by atoms with Gasteiger partial charge in [0.1, 0.15) is 11.6 Å². The first-order chi connectivity index (χ1) is 11.5. The minimum Gasteiger partial charge on any atom is -0.480 e. The van der Waals surface area contributed by atoms with E-state index in [1.165, 1.54) is 16.7 Å². The van der Waals surface area contributed by atoms with Crippen molar-refractivity contribution in [1.82, 2.24) is 5.32 Å². The second kappa shape index (κ2) is 5.48. The number of rotatable bonds is 4. The Balaban J connectivity index is 1.72. The van der Waals surface area contributed by atoms with E-state index in [-0.39, 0.29) is 10.8 Å². The van der Waals surface area contributed by atoms with Gasteiger partial charge in [-0.05, 0) is 76.0 Å². The van der Waals surface area contributed by atoms with Crippen LogP contribution >= 0.6 is 0 Å². The molecular formula is C20H27NO4. The van der Waals surface area contributed by atoms with E-state index in [2.05, 4.69) is 37.4 Å². The van der Waals surface area contributed by atoms with Gasteiger partial charge < -0.3 is 15.2 Å². The van der Waals surface area contributed by atoms with Gasteiger partial charge in [-0.15, -0.1) is 0 Å². The lowest BCUT2D eigenvalue weighted by Gasteiger charge is -2.73. The van der Waals surface area contributed by atoms with Crippen LogP contribution in [0.5, 0.6) is 0 Å². The minimum absolute atomic E-state index is 0.0828. The molecule has 2 N–H and O–H groups in total. The highest BCUT2D eigenvalue weighted by atomic mass is 16.6. The normalized spacial score (nSPS) is 28.4. The van der Waals surface area contributed by atoms with Crippen LogP contribution in [0, 0.1) is 19.3 Å². The molecule has 3 fully saturated rings. The Morgan fingerprint density at radius 2 is 1.80 bits per heavy atom. The Hall–Kier alpha value is -2.04. The summed E-state index contributed by atoms with van der Waals surface area (Å²) in [5.41, 5.74) is 2.97. The highest BCUT2D eigenvalue weighted by Crippen LogP contribution is 2.75. The molecule has 1 aromatic carbocycles. The highest BCUT2D eigenvalue weighted by molar-refractivity contribution is 5.82. The number of aryl methyl sites for hydroxylation is 1. The first kappa shape index (κ1) is 17.8. The number of ether oxygens (including phenoxy) is 1. The van der Waals surface area contributed by atoms with Gasteiger partial charge in [0.05, 0.1) is 0 Å². The van der Waals surface area contributed by atoms with Crippen LogP contribution in [0.3, 0.4) is 0 Å². The van der Waals surface area contributed by atoms with E-state index in [1.54, 1.807) is 20.8 Å². The van der Waals surface area contributed by atoms with Gasteiger partial charge in [0.15, 0.2) is 0 Å². The number of carbonyl (C=O) groups excluding carboxylic acids is 1. The van der Waals surface area contributed by atoms with Gasteiger partial charge in [-0.25, -0.2) is 9.59 Å². The smallest absolute Gasteiger partial charge is 0.408 e. The van der Waals surface area contributed by atoms with Crippen molar-refractivity contribution in [2.24, 2.45) is 5.41 Å². The molecule has 0 spiro atoms. The molecule has 0 saturated heterocycles. The molecule has 0 aliphatic heterocycles. The van der Waals surface area contributed by atoms with Crippen LogP contribution in [-0.2, 0) is 14.9 Å². The standard InChI is InChI=1S/C20H27NO4/c1-12-7-6-8-14(13(12)2)19-9-20(10-19,11-19)15(16(22)23)21-17(24)25-18(3,4)5/h6-8,15H,9-11H2,1-5H3,(H,21,24)(H,22,23). The van der Waals surface area contributed by atoms with Crippen LogP contribution in [0.4, 0.5) is 4.79 Å². The second-order valence-corrected chi connectivity index (χ2v) is 8.84. The third-order valence-corrected chi connectivity index (χ3v) is 5.77. The van der Waals surface area contributed by atoms with Crippen molar-refractivity contribution < 1.29 is 19.4 Å². The number of carboxylic acid groups (broad SMARTS) is 1. The predicted octanol–water partition coefficient (Wildman–Crippen LogP) is 3.70. The van der Waals surface area contributed by atoms with Gasteiger partial charge in [-0.2, -0.15) is 0 Å². The SMILES string of the molecule is Cc1cccc(C23CC(C(NC(=O)OC(C)(C)C)C(=O)O)(C2)C3)c1C. The van der Waals surface area contributed by atoms with E-state index in [0.29, 0.717) is 0 Å². The summed E-state index contributed by atoms with van der Waals surface area (Å²) in [5.74, 6) is -0.986. The summed E-state index contributed by atoms with van der Waals surface area (Å²) in [6, 6.07) is 5.43. The fraction of sp³-hybridized carbons (Fsp3) is 0.600. The van der Waals surface area contributed by atoms with Gasteiger partial charge in [-0.1, -0.05) is 18.2 Å². The summed E-state index contributed by atoms with van der Waals surface area (Å²) in [4.78, 5) is 23.8. The number of amides is 1. The van der Waals surface area contributed by atoms with Crippen LogP contribution in [0.15, 0.2) is 18.2 Å². The van der Waals surface area contributed by atoms with Crippen LogP contribution in [0.2, 0.25) is 0 Å². The first-order valence-electron chi connectivity index (χ1n) is 8.77. The summed E-state index contributed by atoms with van der Waals surface area (Å²) in [6.45, 7) is 9.52. The number of nitrogens with one attached hydrogen (secondary N) is 1. The van der Waals surface area contributed by atoms with Crippen LogP contribution in [-0.4, -0.2) is 28.8 Å². The molecule has 0 heterocycles. The van der Waals surface area contributed by atoms with E-state index < -0.39 is 23.7 Å². The molecule has 1 aromatic rings. The van der Waals surface area contributed by atoms with E-state index in [9.17, 15) is 14.7 Å². The van der Waals surface area contributed by atoms with E-state index in [0.717, 1.165) is 19.3 Å². The van der Waals surface area contributed by atoms with Crippen LogP contribution in [0.25, 0.3) is 0 Å². The monoisotopic (exact) mass is 345 g/mol. The Kier molecular flexibility index (Phi) is 3.90. The Labute approximate surface area is 148 Å². The van der Waals surface area contributed by atoms with E-state index in [1.807, 2.05) is 0 Å². The number of hydrogen-bond donors (Lipinski definition) is 2. The number of hydrogen-bond acceptors (Lipinski definition) is 3. The lowest BCUT2D eigenvalue weighted by molar-refractivity contribution is -0.183.